The fourth-order valence-electron chi connectivity index (χ4n) is 1.15. The molecule has 1 aromatic heterocycles. The number of nitrogen functional groups attached to an aromatic ring is 1. The van der Waals surface area contributed by atoms with Gasteiger partial charge in [0, 0.05) is 11.6 Å². The highest BCUT2D eigenvalue weighted by Crippen LogP contribution is 2.29. The summed E-state index contributed by atoms with van der Waals surface area (Å²) in [7, 11) is 0. The van der Waals surface area contributed by atoms with Gasteiger partial charge in [-0.3, -0.25) is 0 Å². The first kappa shape index (κ1) is 14.5. The van der Waals surface area contributed by atoms with Crippen LogP contribution in [0.15, 0.2) is 6.07 Å². The highest BCUT2D eigenvalue weighted by Gasteiger charge is 2.35. The maximum atomic E-state index is 12.6. The summed E-state index contributed by atoms with van der Waals surface area (Å²) < 4.78 is 37.7. The molecule has 0 aromatic carbocycles. The van der Waals surface area contributed by atoms with Gasteiger partial charge in [0.2, 0.25) is 5.82 Å². The van der Waals surface area contributed by atoms with Gasteiger partial charge < -0.3 is 10.7 Å². The zero-order valence-electron chi connectivity index (χ0n) is 10.4. The molecule has 0 aliphatic carbocycles. The van der Waals surface area contributed by atoms with Gasteiger partial charge in [0.1, 0.15) is 11.6 Å². The van der Waals surface area contributed by atoms with Gasteiger partial charge in [-0.25, -0.2) is 15.8 Å². The van der Waals surface area contributed by atoms with E-state index in [-0.39, 0.29) is 17.2 Å². The van der Waals surface area contributed by atoms with Crippen molar-refractivity contribution in [2.45, 2.75) is 38.9 Å². The summed E-state index contributed by atoms with van der Waals surface area (Å²) in [5.41, 5.74) is 1.72. The highest BCUT2D eigenvalue weighted by molar-refractivity contribution is 5.48. The van der Waals surface area contributed by atoms with E-state index in [0.29, 0.717) is 0 Å². The zero-order valence-corrected chi connectivity index (χ0v) is 10.4. The van der Waals surface area contributed by atoms with Gasteiger partial charge in [0.05, 0.1) is 0 Å². The molecule has 0 spiro atoms. The Bertz CT molecular complexity index is 416. The first-order chi connectivity index (χ1) is 8.18. The highest BCUT2D eigenvalue weighted by atomic mass is 19.4. The van der Waals surface area contributed by atoms with Crippen molar-refractivity contribution in [1.82, 2.24) is 9.97 Å². The number of hydrazine groups is 1. The number of anilines is 2. The van der Waals surface area contributed by atoms with Crippen LogP contribution in [0.5, 0.6) is 0 Å². The quantitative estimate of drug-likeness (QED) is 0.574. The monoisotopic (exact) mass is 263 g/mol. The Morgan fingerprint density at radius 2 is 1.78 bits per heavy atom. The fraction of sp³-hybridized carbons (Fsp3) is 0.600. The number of hydrogen-bond donors (Lipinski definition) is 3. The minimum absolute atomic E-state index is 0.0807. The first-order valence-electron chi connectivity index (χ1n) is 5.39. The van der Waals surface area contributed by atoms with Gasteiger partial charge in [0.15, 0.2) is 0 Å². The molecular weight excluding hydrogens is 247 g/mol. The van der Waals surface area contributed by atoms with Crippen molar-refractivity contribution in [3.63, 3.8) is 0 Å². The lowest BCUT2D eigenvalue weighted by molar-refractivity contribution is -0.144. The smallest absolute Gasteiger partial charge is 0.365 e. The molecule has 0 unspecified atom stereocenters. The molecule has 0 fully saturated rings. The summed E-state index contributed by atoms with van der Waals surface area (Å²) in [5, 5.41) is 2.91. The van der Waals surface area contributed by atoms with E-state index in [1.54, 1.807) is 0 Å². The van der Waals surface area contributed by atoms with Crippen LogP contribution in [-0.2, 0) is 6.18 Å². The summed E-state index contributed by atoms with van der Waals surface area (Å²) in [6, 6.07) is 1.33. The molecule has 0 saturated carbocycles. The van der Waals surface area contributed by atoms with E-state index >= 15 is 0 Å². The number of alkyl halides is 3. The van der Waals surface area contributed by atoms with Crippen LogP contribution in [0.2, 0.25) is 0 Å². The summed E-state index contributed by atoms with van der Waals surface area (Å²) in [6.07, 6.45) is -3.89. The van der Waals surface area contributed by atoms with Crippen LogP contribution >= 0.6 is 0 Å². The number of nitrogens with two attached hydrogens (primary N) is 1. The molecule has 4 N–H and O–H groups in total. The third-order valence-electron chi connectivity index (χ3n) is 2.48. The molecular formula is C10H16F3N5. The summed E-state index contributed by atoms with van der Waals surface area (Å²) in [6.45, 7) is 5.64. The normalized spacial score (nSPS) is 12.4. The van der Waals surface area contributed by atoms with Gasteiger partial charge in [-0.15, -0.1) is 0 Å². The maximum Gasteiger partial charge on any atom is 0.451 e. The number of rotatable bonds is 4. The van der Waals surface area contributed by atoms with Crippen molar-refractivity contribution in [2.75, 3.05) is 10.7 Å². The maximum absolute atomic E-state index is 12.6. The number of hydrogen-bond acceptors (Lipinski definition) is 5. The molecule has 0 aliphatic heterocycles. The Morgan fingerprint density at radius 1 is 1.22 bits per heavy atom. The van der Waals surface area contributed by atoms with E-state index in [1.165, 1.54) is 6.07 Å². The minimum atomic E-state index is -4.61. The van der Waals surface area contributed by atoms with Gasteiger partial charge in [-0.05, 0) is 20.3 Å². The molecule has 8 heteroatoms. The third-order valence-corrected chi connectivity index (χ3v) is 2.48. The zero-order chi connectivity index (χ0) is 14.0. The molecule has 1 rings (SSSR count). The Balaban J connectivity index is 3.13. The van der Waals surface area contributed by atoms with Crippen LogP contribution in [0.1, 0.15) is 33.0 Å². The minimum Gasteiger partial charge on any atom is -0.365 e. The van der Waals surface area contributed by atoms with Crippen LogP contribution in [0.3, 0.4) is 0 Å². The molecule has 0 bridgehead atoms. The molecule has 0 saturated heterocycles. The molecule has 0 aliphatic rings. The number of nitrogens with zero attached hydrogens (tertiary/aromatic N) is 2. The van der Waals surface area contributed by atoms with Crippen LogP contribution in [-0.4, -0.2) is 15.5 Å². The number of aromatic nitrogens is 2. The largest absolute Gasteiger partial charge is 0.451 e. The van der Waals surface area contributed by atoms with E-state index in [0.717, 1.165) is 6.42 Å². The molecule has 102 valence electrons. The van der Waals surface area contributed by atoms with Crippen LogP contribution in [0, 0.1) is 0 Å². The molecule has 1 heterocycles. The van der Waals surface area contributed by atoms with E-state index < -0.39 is 12.0 Å². The van der Waals surface area contributed by atoms with Crippen molar-refractivity contribution in [3.05, 3.63) is 11.9 Å². The van der Waals surface area contributed by atoms with Crippen molar-refractivity contribution in [2.24, 2.45) is 5.84 Å². The lowest BCUT2D eigenvalue weighted by Crippen LogP contribution is -2.31. The standard InChI is InChI=1S/C10H16F3N5/c1-4-9(2,3)17-6-5-7(18-14)16-8(15-6)10(11,12)13/h5H,4,14H2,1-3H3,(H2,15,16,17,18). The molecule has 1 aromatic rings. The van der Waals surface area contributed by atoms with Crippen LogP contribution < -0.4 is 16.6 Å². The molecule has 5 nitrogen and oxygen atoms in total. The summed E-state index contributed by atoms with van der Waals surface area (Å²) in [5.74, 6) is 3.85. The molecule has 0 atom stereocenters. The van der Waals surface area contributed by atoms with E-state index in [1.807, 2.05) is 20.8 Å². The lowest BCUT2D eigenvalue weighted by atomic mass is 10.0. The number of nitrogens with one attached hydrogen (secondary N) is 2. The van der Waals surface area contributed by atoms with E-state index in [2.05, 4.69) is 20.7 Å². The average molecular weight is 263 g/mol. The fourth-order valence-corrected chi connectivity index (χ4v) is 1.15. The Hall–Kier alpha value is -1.57. The second kappa shape index (κ2) is 4.97. The van der Waals surface area contributed by atoms with Crippen LogP contribution in [0.4, 0.5) is 24.8 Å². The third kappa shape index (κ3) is 3.73. The second-order valence-electron chi connectivity index (χ2n) is 4.47. The van der Waals surface area contributed by atoms with Gasteiger partial charge in [0.25, 0.3) is 0 Å². The lowest BCUT2D eigenvalue weighted by Gasteiger charge is -2.25. The van der Waals surface area contributed by atoms with Crippen LogP contribution in [0.25, 0.3) is 0 Å². The molecule has 0 amide bonds. The Morgan fingerprint density at radius 3 is 2.22 bits per heavy atom. The first-order valence-corrected chi connectivity index (χ1v) is 5.39. The second-order valence-corrected chi connectivity index (χ2v) is 4.47. The number of halogens is 3. The average Bonchev–Trinajstić information content (AvgIpc) is 2.27. The van der Waals surface area contributed by atoms with E-state index in [9.17, 15) is 13.2 Å². The van der Waals surface area contributed by atoms with Gasteiger partial charge in [-0.2, -0.15) is 13.2 Å². The van der Waals surface area contributed by atoms with Crippen molar-refractivity contribution >= 4 is 11.6 Å². The predicted octanol–water partition coefficient (Wildman–Crippen LogP) is 2.38. The Kier molecular flexibility index (Phi) is 4.00. The summed E-state index contributed by atoms with van der Waals surface area (Å²) >= 11 is 0. The van der Waals surface area contributed by atoms with Gasteiger partial charge in [-0.1, -0.05) is 6.92 Å². The molecule has 0 radical (unpaired) electrons. The predicted molar refractivity (Wildman–Crippen MR) is 62.8 cm³/mol. The topological polar surface area (TPSA) is 75.9 Å². The van der Waals surface area contributed by atoms with Crippen molar-refractivity contribution < 1.29 is 13.2 Å². The SMILES string of the molecule is CCC(C)(C)Nc1cc(NN)nc(C(F)(F)F)n1. The van der Waals surface area contributed by atoms with Crippen molar-refractivity contribution in [3.8, 4) is 0 Å². The Labute approximate surface area is 103 Å². The van der Waals surface area contributed by atoms with Crippen molar-refractivity contribution in [1.29, 1.82) is 0 Å². The molecule has 18 heavy (non-hydrogen) atoms. The summed E-state index contributed by atoms with van der Waals surface area (Å²) in [4.78, 5) is 6.71. The van der Waals surface area contributed by atoms with Gasteiger partial charge >= 0.3 is 6.18 Å². The van der Waals surface area contributed by atoms with E-state index in [4.69, 9.17) is 5.84 Å².